The van der Waals surface area contributed by atoms with Crippen LogP contribution in [0.4, 0.5) is 4.39 Å². The van der Waals surface area contributed by atoms with Crippen molar-refractivity contribution in [3.05, 3.63) is 47.8 Å². The fraction of sp³-hybridized carbons (Fsp3) is 0.500. The van der Waals surface area contributed by atoms with Gasteiger partial charge in [0.25, 0.3) is 0 Å². The standard InChI is InChI=1S/C16H21FN4O2/c1-2-21-11-18-19-16(21)15-10-20(7-8-23-15)9-14(22)12-5-3-4-6-13(12)17/h3-6,11,14-15,22H,2,7-10H2,1H3/t14-,15+/m1/s1. The highest BCUT2D eigenvalue weighted by Gasteiger charge is 2.27. The number of hydrogen-bond acceptors (Lipinski definition) is 5. The molecule has 23 heavy (non-hydrogen) atoms. The van der Waals surface area contributed by atoms with E-state index in [1.165, 1.54) is 6.07 Å². The normalized spacial score (nSPS) is 20.6. The molecule has 3 rings (SSSR count). The van der Waals surface area contributed by atoms with Gasteiger partial charge < -0.3 is 14.4 Å². The molecule has 0 spiro atoms. The minimum atomic E-state index is -0.862. The maximum Gasteiger partial charge on any atom is 0.163 e. The molecule has 2 aromatic rings. The van der Waals surface area contributed by atoms with E-state index in [1.807, 2.05) is 11.5 Å². The Morgan fingerprint density at radius 2 is 2.26 bits per heavy atom. The van der Waals surface area contributed by atoms with Crippen LogP contribution >= 0.6 is 0 Å². The van der Waals surface area contributed by atoms with Crippen molar-refractivity contribution < 1.29 is 14.2 Å². The largest absolute Gasteiger partial charge is 0.387 e. The first-order valence-electron chi connectivity index (χ1n) is 7.83. The van der Waals surface area contributed by atoms with E-state index < -0.39 is 6.10 Å². The Morgan fingerprint density at radius 1 is 1.43 bits per heavy atom. The van der Waals surface area contributed by atoms with Crippen molar-refractivity contribution >= 4 is 0 Å². The van der Waals surface area contributed by atoms with Crippen LogP contribution in [0.15, 0.2) is 30.6 Å². The van der Waals surface area contributed by atoms with E-state index >= 15 is 0 Å². The predicted octanol–water partition coefficient (Wildman–Crippen LogP) is 1.54. The van der Waals surface area contributed by atoms with Crippen LogP contribution in [-0.4, -0.2) is 51.0 Å². The number of halogens is 1. The maximum absolute atomic E-state index is 13.8. The molecule has 0 saturated carbocycles. The summed E-state index contributed by atoms with van der Waals surface area (Å²) in [5, 5.41) is 18.4. The van der Waals surface area contributed by atoms with Crippen LogP contribution in [0.2, 0.25) is 0 Å². The lowest BCUT2D eigenvalue weighted by Crippen LogP contribution is -2.41. The number of rotatable bonds is 5. The summed E-state index contributed by atoms with van der Waals surface area (Å²) in [6.45, 7) is 5.01. The third kappa shape index (κ3) is 3.57. The third-order valence-electron chi connectivity index (χ3n) is 4.12. The molecule has 124 valence electrons. The molecule has 0 unspecified atom stereocenters. The predicted molar refractivity (Wildman–Crippen MR) is 82.2 cm³/mol. The molecule has 1 aliphatic heterocycles. The van der Waals surface area contributed by atoms with Gasteiger partial charge in [0.05, 0.1) is 12.7 Å². The lowest BCUT2D eigenvalue weighted by molar-refractivity contribution is -0.0479. The molecule has 1 aromatic carbocycles. The zero-order valence-electron chi connectivity index (χ0n) is 13.1. The molecule has 1 fully saturated rings. The number of aromatic nitrogens is 3. The summed E-state index contributed by atoms with van der Waals surface area (Å²) < 4.78 is 21.5. The van der Waals surface area contributed by atoms with Crippen molar-refractivity contribution in [1.82, 2.24) is 19.7 Å². The Bertz CT molecular complexity index is 649. The van der Waals surface area contributed by atoms with Crippen molar-refractivity contribution in [1.29, 1.82) is 0 Å². The van der Waals surface area contributed by atoms with E-state index in [0.717, 1.165) is 12.4 Å². The molecule has 0 radical (unpaired) electrons. The molecule has 0 amide bonds. The van der Waals surface area contributed by atoms with E-state index in [4.69, 9.17) is 4.74 Å². The van der Waals surface area contributed by atoms with Crippen molar-refractivity contribution in [2.24, 2.45) is 0 Å². The average Bonchev–Trinajstić information content (AvgIpc) is 3.04. The monoisotopic (exact) mass is 320 g/mol. The number of hydrogen-bond donors (Lipinski definition) is 1. The summed E-state index contributed by atoms with van der Waals surface area (Å²) >= 11 is 0. The van der Waals surface area contributed by atoms with Gasteiger partial charge in [-0.3, -0.25) is 4.90 Å². The first kappa shape index (κ1) is 16.0. The van der Waals surface area contributed by atoms with Gasteiger partial charge in [0.15, 0.2) is 5.82 Å². The van der Waals surface area contributed by atoms with Crippen LogP contribution in [0, 0.1) is 5.82 Å². The van der Waals surface area contributed by atoms with Gasteiger partial charge in [-0.15, -0.1) is 10.2 Å². The van der Waals surface area contributed by atoms with Gasteiger partial charge >= 0.3 is 0 Å². The summed E-state index contributed by atoms with van der Waals surface area (Å²) in [4.78, 5) is 2.07. The Hall–Kier alpha value is -1.83. The van der Waals surface area contributed by atoms with Gasteiger partial charge in [0.2, 0.25) is 0 Å². The molecule has 6 nitrogen and oxygen atoms in total. The van der Waals surface area contributed by atoms with Crippen LogP contribution in [0.25, 0.3) is 0 Å². The Labute approximate surface area is 134 Å². The fourth-order valence-corrected chi connectivity index (χ4v) is 2.87. The SMILES string of the molecule is CCn1cnnc1[C@@H]1CN(C[C@@H](O)c2ccccc2F)CCO1. The van der Waals surface area contributed by atoms with Crippen molar-refractivity contribution in [3.63, 3.8) is 0 Å². The van der Waals surface area contributed by atoms with Gasteiger partial charge in [-0.05, 0) is 13.0 Å². The van der Waals surface area contributed by atoms with Crippen LogP contribution < -0.4 is 0 Å². The lowest BCUT2D eigenvalue weighted by Gasteiger charge is -2.33. The summed E-state index contributed by atoms with van der Waals surface area (Å²) in [6, 6.07) is 6.33. The zero-order valence-corrected chi connectivity index (χ0v) is 13.1. The molecule has 1 aromatic heterocycles. The molecule has 1 saturated heterocycles. The van der Waals surface area contributed by atoms with E-state index in [-0.39, 0.29) is 11.9 Å². The molecular formula is C16H21FN4O2. The molecule has 1 aliphatic rings. The number of benzene rings is 1. The smallest absolute Gasteiger partial charge is 0.163 e. The van der Waals surface area contributed by atoms with E-state index in [2.05, 4.69) is 15.1 Å². The first-order valence-corrected chi connectivity index (χ1v) is 7.83. The van der Waals surface area contributed by atoms with Gasteiger partial charge in [-0.2, -0.15) is 0 Å². The second-order valence-electron chi connectivity index (χ2n) is 5.63. The number of morpholine rings is 1. The number of β-amino-alcohol motifs (C(OH)–C–C–N with tert-alkyl or cyclic N) is 1. The molecule has 0 aliphatic carbocycles. The number of aliphatic hydroxyl groups excluding tert-OH is 1. The van der Waals surface area contributed by atoms with Crippen molar-refractivity contribution in [3.8, 4) is 0 Å². The second-order valence-corrected chi connectivity index (χ2v) is 5.63. The van der Waals surface area contributed by atoms with E-state index in [9.17, 15) is 9.50 Å². The van der Waals surface area contributed by atoms with E-state index in [0.29, 0.717) is 31.8 Å². The highest BCUT2D eigenvalue weighted by Crippen LogP contribution is 2.23. The Morgan fingerprint density at radius 3 is 3.04 bits per heavy atom. The van der Waals surface area contributed by atoms with Gasteiger partial charge in [0.1, 0.15) is 18.2 Å². The minimum absolute atomic E-state index is 0.181. The minimum Gasteiger partial charge on any atom is -0.387 e. The van der Waals surface area contributed by atoms with E-state index in [1.54, 1.807) is 24.5 Å². The van der Waals surface area contributed by atoms with Gasteiger partial charge in [0, 0.05) is 31.7 Å². The topological polar surface area (TPSA) is 63.4 Å². The van der Waals surface area contributed by atoms with Crippen LogP contribution in [-0.2, 0) is 11.3 Å². The fourth-order valence-electron chi connectivity index (χ4n) is 2.87. The molecular weight excluding hydrogens is 299 g/mol. The lowest BCUT2D eigenvalue weighted by atomic mass is 10.1. The van der Waals surface area contributed by atoms with Crippen LogP contribution in [0.1, 0.15) is 30.5 Å². The number of aryl methyl sites for hydroxylation is 1. The Balaban J connectivity index is 1.66. The van der Waals surface area contributed by atoms with Crippen molar-refractivity contribution in [2.75, 3.05) is 26.2 Å². The summed E-state index contributed by atoms with van der Waals surface area (Å²) in [6.07, 6.45) is 0.643. The highest BCUT2D eigenvalue weighted by molar-refractivity contribution is 5.20. The molecule has 2 atom stereocenters. The quantitative estimate of drug-likeness (QED) is 0.905. The molecule has 7 heteroatoms. The molecule has 1 N–H and O–H groups in total. The van der Waals surface area contributed by atoms with Crippen molar-refractivity contribution in [2.45, 2.75) is 25.7 Å². The van der Waals surface area contributed by atoms with Gasteiger partial charge in [-0.25, -0.2) is 4.39 Å². The summed E-state index contributed by atoms with van der Waals surface area (Å²) in [5.74, 6) is 0.410. The maximum atomic E-state index is 13.8. The Kier molecular flexibility index (Phi) is 5.00. The number of ether oxygens (including phenoxy) is 1. The third-order valence-corrected chi connectivity index (χ3v) is 4.12. The summed E-state index contributed by atoms with van der Waals surface area (Å²) in [7, 11) is 0. The van der Waals surface area contributed by atoms with Gasteiger partial charge in [-0.1, -0.05) is 18.2 Å². The van der Waals surface area contributed by atoms with Crippen LogP contribution in [0.3, 0.4) is 0 Å². The van der Waals surface area contributed by atoms with Crippen LogP contribution in [0.5, 0.6) is 0 Å². The molecule has 0 bridgehead atoms. The second kappa shape index (κ2) is 7.16. The zero-order chi connectivity index (χ0) is 16.2. The summed E-state index contributed by atoms with van der Waals surface area (Å²) in [5.41, 5.74) is 0.326. The average molecular weight is 320 g/mol. The first-order chi connectivity index (χ1) is 11.2. The highest BCUT2D eigenvalue weighted by atomic mass is 19.1. The number of aliphatic hydroxyl groups is 1. The number of nitrogens with zero attached hydrogens (tertiary/aromatic N) is 4. The molecule has 2 heterocycles.